The predicted octanol–water partition coefficient (Wildman–Crippen LogP) is 3.92. The third-order valence-electron chi connectivity index (χ3n) is 4.02. The van der Waals surface area contributed by atoms with Gasteiger partial charge in [-0.05, 0) is 55.5 Å². The summed E-state index contributed by atoms with van der Waals surface area (Å²) in [5.41, 5.74) is 2.39. The molecule has 0 aliphatic rings. The normalized spacial score (nSPS) is 10.7. The second kappa shape index (κ2) is 7.94. The van der Waals surface area contributed by atoms with Gasteiger partial charge in [-0.25, -0.2) is 8.42 Å². The Morgan fingerprint density at radius 1 is 0.929 bits per heavy atom. The van der Waals surface area contributed by atoms with Gasteiger partial charge in [-0.1, -0.05) is 29.8 Å². The molecule has 0 unspecified atom stereocenters. The Labute approximate surface area is 163 Å². The number of anilines is 2. The zero-order chi connectivity index (χ0) is 20.1. The minimum absolute atomic E-state index is 0.000228. The highest BCUT2D eigenvalue weighted by Gasteiger charge is 2.18. The summed E-state index contributed by atoms with van der Waals surface area (Å²) in [6.45, 7) is 1.94. The number of rotatable bonds is 5. The second-order valence-electron chi connectivity index (χ2n) is 6.11. The van der Waals surface area contributed by atoms with Crippen molar-refractivity contribution in [3.63, 3.8) is 0 Å². The number of aryl methyl sites for hydroxylation is 1. The molecule has 28 heavy (non-hydrogen) atoms. The number of nitrogens with zero attached hydrogens (tertiary/aromatic N) is 1. The highest BCUT2D eigenvalue weighted by molar-refractivity contribution is 7.92. The van der Waals surface area contributed by atoms with Crippen LogP contribution in [0.5, 0.6) is 0 Å². The lowest BCUT2D eigenvalue weighted by Crippen LogP contribution is -2.18. The van der Waals surface area contributed by atoms with Crippen molar-refractivity contribution < 1.29 is 13.2 Å². The van der Waals surface area contributed by atoms with Gasteiger partial charge in [0, 0.05) is 5.69 Å². The average Bonchev–Trinajstić information content (AvgIpc) is 2.70. The van der Waals surface area contributed by atoms with Crippen molar-refractivity contribution in [2.75, 3.05) is 10.0 Å². The molecule has 6 nitrogen and oxygen atoms in total. The number of nitriles is 1. The fraction of sp³-hybridized carbons (Fsp3) is 0.0476. The van der Waals surface area contributed by atoms with E-state index < -0.39 is 15.9 Å². The molecule has 0 saturated carbocycles. The van der Waals surface area contributed by atoms with Crippen LogP contribution in [-0.2, 0) is 10.0 Å². The minimum atomic E-state index is -3.91. The van der Waals surface area contributed by atoms with Crippen molar-refractivity contribution in [1.82, 2.24) is 0 Å². The van der Waals surface area contributed by atoms with Crippen LogP contribution >= 0.6 is 0 Å². The first-order chi connectivity index (χ1) is 13.4. The number of hydrogen-bond donors (Lipinski definition) is 2. The Morgan fingerprint density at radius 2 is 1.57 bits per heavy atom. The van der Waals surface area contributed by atoms with Crippen LogP contribution in [0.15, 0.2) is 77.7 Å². The summed E-state index contributed by atoms with van der Waals surface area (Å²) >= 11 is 0. The lowest BCUT2D eigenvalue weighted by molar-refractivity contribution is 0.102. The quantitative estimate of drug-likeness (QED) is 0.688. The SMILES string of the molecule is Cc1ccc(NC(=O)c2ccccc2NS(=O)(=O)c2ccc(C#N)cc2)cc1. The van der Waals surface area contributed by atoms with Crippen molar-refractivity contribution in [2.24, 2.45) is 0 Å². The van der Waals surface area contributed by atoms with Crippen LogP contribution in [0.4, 0.5) is 11.4 Å². The zero-order valence-electron chi connectivity index (χ0n) is 15.0. The van der Waals surface area contributed by atoms with E-state index in [1.54, 1.807) is 30.3 Å². The summed E-state index contributed by atoms with van der Waals surface area (Å²) in [4.78, 5) is 12.6. The standard InChI is InChI=1S/C21H17N3O3S/c1-15-6-10-17(11-7-15)23-21(25)19-4-2-3-5-20(19)24-28(26,27)18-12-8-16(14-22)9-13-18/h2-13,24H,1H3,(H,23,25). The molecule has 1 amide bonds. The van der Waals surface area contributed by atoms with Crippen molar-refractivity contribution in [1.29, 1.82) is 5.26 Å². The van der Waals surface area contributed by atoms with Crippen molar-refractivity contribution >= 4 is 27.3 Å². The molecule has 0 bridgehead atoms. The molecule has 0 aliphatic heterocycles. The molecule has 0 fully saturated rings. The number of amides is 1. The monoisotopic (exact) mass is 391 g/mol. The number of carbonyl (C=O) groups excluding carboxylic acids is 1. The predicted molar refractivity (Wildman–Crippen MR) is 108 cm³/mol. The molecule has 2 N–H and O–H groups in total. The lowest BCUT2D eigenvalue weighted by atomic mass is 10.1. The van der Waals surface area contributed by atoms with E-state index in [0.717, 1.165) is 5.56 Å². The van der Waals surface area contributed by atoms with Crippen LogP contribution in [0.3, 0.4) is 0 Å². The van der Waals surface area contributed by atoms with E-state index in [0.29, 0.717) is 11.3 Å². The van der Waals surface area contributed by atoms with Gasteiger partial charge >= 0.3 is 0 Å². The van der Waals surface area contributed by atoms with E-state index >= 15 is 0 Å². The Bertz CT molecular complexity index is 1150. The summed E-state index contributed by atoms with van der Waals surface area (Å²) in [6.07, 6.45) is 0. The molecule has 0 aliphatic carbocycles. The summed E-state index contributed by atoms with van der Waals surface area (Å²) in [5.74, 6) is -0.429. The molecule has 0 atom stereocenters. The molecule has 0 radical (unpaired) electrons. The molecule has 3 aromatic rings. The lowest BCUT2D eigenvalue weighted by Gasteiger charge is -2.13. The Balaban J connectivity index is 1.86. The molecule has 3 rings (SSSR count). The number of sulfonamides is 1. The molecular formula is C21H17N3O3S. The van der Waals surface area contributed by atoms with Crippen LogP contribution in [0.1, 0.15) is 21.5 Å². The summed E-state index contributed by atoms with van der Waals surface area (Å²) in [6, 6.07) is 21.1. The van der Waals surface area contributed by atoms with Gasteiger partial charge in [-0.3, -0.25) is 9.52 Å². The highest BCUT2D eigenvalue weighted by atomic mass is 32.2. The molecule has 140 valence electrons. The molecule has 0 spiro atoms. The average molecular weight is 391 g/mol. The Morgan fingerprint density at radius 3 is 2.21 bits per heavy atom. The van der Waals surface area contributed by atoms with Crippen LogP contribution in [0.25, 0.3) is 0 Å². The number of para-hydroxylation sites is 1. The number of carbonyl (C=O) groups is 1. The third kappa shape index (κ3) is 4.37. The maximum absolute atomic E-state index is 12.6. The van der Waals surface area contributed by atoms with Crippen LogP contribution in [0.2, 0.25) is 0 Å². The molecule has 0 heterocycles. The highest BCUT2D eigenvalue weighted by Crippen LogP contribution is 2.22. The topological polar surface area (TPSA) is 99.1 Å². The van der Waals surface area contributed by atoms with Gasteiger partial charge < -0.3 is 5.32 Å². The first-order valence-electron chi connectivity index (χ1n) is 8.39. The van der Waals surface area contributed by atoms with Crippen molar-refractivity contribution in [3.05, 3.63) is 89.5 Å². The van der Waals surface area contributed by atoms with E-state index in [1.807, 2.05) is 25.1 Å². The van der Waals surface area contributed by atoms with Crippen molar-refractivity contribution in [3.8, 4) is 6.07 Å². The van der Waals surface area contributed by atoms with Crippen LogP contribution in [0, 0.1) is 18.3 Å². The maximum atomic E-state index is 12.6. The van der Waals surface area contributed by atoms with Gasteiger partial charge in [0.25, 0.3) is 15.9 Å². The van der Waals surface area contributed by atoms with E-state index in [4.69, 9.17) is 5.26 Å². The number of hydrogen-bond acceptors (Lipinski definition) is 4. The van der Waals surface area contributed by atoms with Gasteiger partial charge in [0.05, 0.1) is 27.8 Å². The largest absolute Gasteiger partial charge is 0.322 e. The van der Waals surface area contributed by atoms with E-state index in [-0.39, 0.29) is 16.1 Å². The molecule has 7 heteroatoms. The van der Waals surface area contributed by atoms with E-state index in [9.17, 15) is 13.2 Å². The summed E-state index contributed by atoms with van der Waals surface area (Å²) < 4.78 is 27.7. The van der Waals surface area contributed by atoms with Crippen LogP contribution in [-0.4, -0.2) is 14.3 Å². The first kappa shape index (κ1) is 19.1. The van der Waals surface area contributed by atoms with E-state index in [1.165, 1.54) is 30.3 Å². The maximum Gasteiger partial charge on any atom is 0.261 e. The van der Waals surface area contributed by atoms with E-state index in [2.05, 4.69) is 10.0 Å². The third-order valence-corrected chi connectivity index (χ3v) is 5.40. The smallest absolute Gasteiger partial charge is 0.261 e. The molecule has 0 aromatic heterocycles. The van der Waals surface area contributed by atoms with Gasteiger partial charge in [-0.2, -0.15) is 5.26 Å². The number of benzene rings is 3. The van der Waals surface area contributed by atoms with Gasteiger partial charge in [0.2, 0.25) is 0 Å². The summed E-state index contributed by atoms with van der Waals surface area (Å²) in [7, 11) is -3.91. The molecular weight excluding hydrogens is 374 g/mol. The Hall–Kier alpha value is -3.63. The minimum Gasteiger partial charge on any atom is -0.322 e. The molecule has 3 aromatic carbocycles. The van der Waals surface area contributed by atoms with Gasteiger partial charge in [0.15, 0.2) is 0 Å². The van der Waals surface area contributed by atoms with Crippen LogP contribution < -0.4 is 10.0 Å². The Kier molecular flexibility index (Phi) is 5.43. The van der Waals surface area contributed by atoms with Crippen molar-refractivity contribution in [2.45, 2.75) is 11.8 Å². The fourth-order valence-corrected chi connectivity index (χ4v) is 3.60. The zero-order valence-corrected chi connectivity index (χ0v) is 15.8. The first-order valence-corrected chi connectivity index (χ1v) is 9.87. The number of nitrogens with one attached hydrogen (secondary N) is 2. The second-order valence-corrected chi connectivity index (χ2v) is 7.79. The van der Waals surface area contributed by atoms with Gasteiger partial charge in [0.1, 0.15) is 0 Å². The summed E-state index contributed by atoms with van der Waals surface area (Å²) in [5, 5.41) is 11.6. The van der Waals surface area contributed by atoms with Gasteiger partial charge in [-0.15, -0.1) is 0 Å². The molecule has 0 saturated heterocycles. The fourth-order valence-electron chi connectivity index (χ4n) is 2.52.